The third-order valence-electron chi connectivity index (χ3n) is 15.6. The molecule has 0 saturated heterocycles. The first-order valence-electron chi connectivity index (χ1n) is 32.6. The van der Waals surface area contributed by atoms with Crippen molar-refractivity contribution in [1.82, 2.24) is 0 Å². The summed E-state index contributed by atoms with van der Waals surface area (Å²) in [6, 6.07) is 0. The largest absolute Gasteiger partial charge is 0.299 e. The van der Waals surface area contributed by atoms with Gasteiger partial charge in [0, 0.05) is 12.8 Å². The molecule has 0 aromatic rings. The van der Waals surface area contributed by atoms with Crippen molar-refractivity contribution in [3.8, 4) is 0 Å². The summed E-state index contributed by atoms with van der Waals surface area (Å²) in [7, 11) is 0. The van der Waals surface area contributed by atoms with Crippen molar-refractivity contribution in [2.24, 2.45) is 11.8 Å². The van der Waals surface area contributed by atoms with E-state index in [-0.39, 0.29) is 11.8 Å². The van der Waals surface area contributed by atoms with Gasteiger partial charge in [-0.05, 0) is 89.4 Å². The van der Waals surface area contributed by atoms with Gasteiger partial charge in [0.2, 0.25) is 0 Å². The van der Waals surface area contributed by atoms with Crippen molar-refractivity contribution in [1.29, 1.82) is 0 Å². The summed E-state index contributed by atoms with van der Waals surface area (Å²) in [5.74, 6) is 0.510. The van der Waals surface area contributed by atoms with E-state index in [0.717, 1.165) is 44.9 Å². The predicted molar refractivity (Wildman–Crippen MR) is 316 cm³/mol. The highest BCUT2D eigenvalue weighted by Crippen LogP contribution is 2.31. The molecule has 0 N–H and O–H groups in total. The molecule has 0 aliphatic heterocycles. The van der Waals surface area contributed by atoms with Crippen LogP contribution in [0.25, 0.3) is 0 Å². The SMILES string of the molecule is CCCCCC=CCC=CCCCCCCCCC(CCCCCCC=CCCCCCCCC)C(C(=O)CCCCCCCCCCCCCCC)C(=O)CCCCCCCCCCCCCCC. The smallest absolute Gasteiger partial charge is 0.143 e. The van der Waals surface area contributed by atoms with Crippen LogP contribution in [0.5, 0.6) is 0 Å². The number of carbonyl (C=O) groups excluding carboxylic acids is 2. The van der Waals surface area contributed by atoms with Crippen LogP contribution in [0.4, 0.5) is 0 Å². The maximum absolute atomic E-state index is 14.3. The van der Waals surface area contributed by atoms with Gasteiger partial charge in [-0.3, -0.25) is 9.59 Å². The van der Waals surface area contributed by atoms with Crippen LogP contribution in [-0.4, -0.2) is 11.6 Å². The van der Waals surface area contributed by atoms with Gasteiger partial charge in [0.05, 0.1) is 5.92 Å². The highest BCUT2D eigenvalue weighted by Gasteiger charge is 2.33. The van der Waals surface area contributed by atoms with Crippen LogP contribution >= 0.6 is 0 Å². The van der Waals surface area contributed by atoms with Gasteiger partial charge in [0.15, 0.2) is 0 Å². The Bertz CT molecular complexity index is 1070. The summed E-state index contributed by atoms with van der Waals surface area (Å²) in [5, 5.41) is 0. The number of unbranched alkanes of at least 4 members (excludes halogenated alkanes) is 43. The predicted octanol–water partition coefficient (Wildman–Crippen LogP) is 24.2. The minimum Gasteiger partial charge on any atom is -0.299 e. The monoisotopic (exact) mass is 977 g/mol. The summed E-state index contributed by atoms with van der Waals surface area (Å²) in [4.78, 5) is 28.7. The van der Waals surface area contributed by atoms with E-state index in [1.165, 1.54) is 289 Å². The fourth-order valence-corrected chi connectivity index (χ4v) is 10.8. The zero-order valence-electron chi connectivity index (χ0n) is 48.6. The second-order valence-corrected chi connectivity index (χ2v) is 22.5. The average Bonchev–Trinajstić information content (AvgIpc) is 3.36. The van der Waals surface area contributed by atoms with Gasteiger partial charge in [-0.25, -0.2) is 0 Å². The fourth-order valence-electron chi connectivity index (χ4n) is 10.8. The molecule has 0 heterocycles. The molecule has 0 fully saturated rings. The van der Waals surface area contributed by atoms with Gasteiger partial charge in [0.1, 0.15) is 11.6 Å². The second-order valence-electron chi connectivity index (χ2n) is 22.5. The lowest BCUT2D eigenvalue weighted by Gasteiger charge is -2.26. The third kappa shape index (κ3) is 51.5. The zero-order chi connectivity index (χ0) is 50.7. The topological polar surface area (TPSA) is 34.1 Å². The summed E-state index contributed by atoms with van der Waals surface area (Å²) >= 11 is 0. The van der Waals surface area contributed by atoms with Crippen LogP contribution in [0.3, 0.4) is 0 Å². The van der Waals surface area contributed by atoms with Crippen LogP contribution in [0, 0.1) is 11.8 Å². The maximum atomic E-state index is 14.3. The Morgan fingerprint density at radius 2 is 0.471 bits per heavy atom. The third-order valence-corrected chi connectivity index (χ3v) is 15.6. The summed E-state index contributed by atoms with van der Waals surface area (Å²) in [6.45, 7) is 9.16. The van der Waals surface area contributed by atoms with Gasteiger partial charge >= 0.3 is 0 Å². The van der Waals surface area contributed by atoms with Crippen molar-refractivity contribution < 1.29 is 9.59 Å². The maximum Gasteiger partial charge on any atom is 0.143 e. The highest BCUT2D eigenvalue weighted by molar-refractivity contribution is 6.02. The van der Waals surface area contributed by atoms with Crippen LogP contribution in [0.15, 0.2) is 36.5 Å². The van der Waals surface area contributed by atoms with E-state index in [1.54, 1.807) is 0 Å². The molecule has 0 aromatic heterocycles. The summed E-state index contributed by atoms with van der Waals surface area (Å²) in [5.41, 5.74) is 0. The first kappa shape index (κ1) is 68.6. The molecule has 0 bridgehead atoms. The Hall–Kier alpha value is -1.44. The first-order valence-corrected chi connectivity index (χ1v) is 32.6. The van der Waals surface area contributed by atoms with Crippen molar-refractivity contribution in [2.75, 3.05) is 0 Å². The molecule has 0 aliphatic carbocycles. The molecule has 1 unspecified atom stereocenters. The fraction of sp³-hybridized carbons (Fsp3) is 0.882. The van der Waals surface area contributed by atoms with E-state index >= 15 is 0 Å². The van der Waals surface area contributed by atoms with E-state index in [2.05, 4.69) is 64.2 Å². The Morgan fingerprint density at radius 3 is 0.771 bits per heavy atom. The molecule has 2 nitrogen and oxygen atoms in total. The van der Waals surface area contributed by atoms with Gasteiger partial charge in [0.25, 0.3) is 0 Å². The Kier molecular flexibility index (Phi) is 58.9. The normalized spacial score (nSPS) is 12.5. The zero-order valence-corrected chi connectivity index (χ0v) is 48.6. The van der Waals surface area contributed by atoms with Crippen LogP contribution < -0.4 is 0 Å². The summed E-state index contributed by atoms with van der Waals surface area (Å²) in [6.07, 6.45) is 82.6. The number of carbonyl (C=O) groups is 2. The van der Waals surface area contributed by atoms with Crippen LogP contribution in [-0.2, 0) is 9.59 Å². The molecular formula is C68H128O2. The number of hydrogen-bond donors (Lipinski definition) is 0. The average molecular weight is 978 g/mol. The van der Waals surface area contributed by atoms with Crippen LogP contribution in [0.1, 0.15) is 374 Å². The Balaban J connectivity index is 5.26. The molecular weight excluding hydrogens is 849 g/mol. The van der Waals surface area contributed by atoms with Gasteiger partial charge in [-0.1, -0.05) is 315 Å². The molecule has 2 heteroatoms. The highest BCUT2D eigenvalue weighted by atomic mass is 16.1. The minimum absolute atomic E-state index is 0.243. The first-order chi connectivity index (χ1) is 34.6. The quantitative estimate of drug-likeness (QED) is 0.0346. The van der Waals surface area contributed by atoms with Gasteiger partial charge < -0.3 is 0 Å². The lowest BCUT2D eigenvalue weighted by molar-refractivity contribution is -0.135. The number of Topliss-reactive ketones (excluding diaryl/α,β-unsaturated/α-hetero) is 2. The second kappa shape index (κ2) is 60.1. The van der Waals surface area contributed by atoms with E-state index in [9.17, 15) is 9.59 Å². The molecule has 1 atom stereocenters. The number of hydrogen-bond acceptors (Lipinski definition) is 2. The van der Waals surface area contributed by atoms with Gasteiger partial charge in [-0.2, -0.15) is 0 Å². The Labute approximate surface area is 441 Å². The molecule has 0 aliphatic rings. The lowest BCUT2D eigenvalue weighted by Crippen LogP contribution is -2.32. The number of ketones is 2. The molecule has 0 amide bonds. The van der Waals surface area contributed by atoms with E-state index in [0.29, 0.717) is 24.4 Å². The van der Waals surface area contributed by atoms with Crippen molar-refractivity contribution in [3.05, 3.63) is 36.5 Å². The number of rotatable bonds is 60. The Morgan fingerprint density at radius 1 is 0.257 bits per heavy atom. The van der Waals surface area contributed by atoms with Gasteiger partial charge in [-0.15, -0.1) is 0 Å². The molecule has 0 spiro atoms. The molecule has 0 rings (SSSR count). The standard InChI is InChI=1S/C68H128O2/c1-5-9-13-17-21-25-29-33-35-36-40-42-46-50-54-58-62-65(61-57-53-49-45-41-39-34-30-26-22-18-14-10-6-2)68(66(69)63-59-55-51-47-43-37-31-27-23-19-15-11-7-3)67(70)64-60-56-52-48-44-38-32-28-24-20-16-12-8-4/h21,25,33-35,39,65,68H,5-20,22-24,26-32,36-38,40-64H2,1-4H3. The molecule has 0 saturated carbocycles. The molecule has 412 valence electrons. The number of allylic oxidation sites excluding steroid dienone is 6. The molecule has 70 heavy (non-hydrogen) atoms. The van der Waals surface area contributed by atoms with E-state index in [4.69, 9.17) is 0 Å². The van der Waals surface area contributed by atoms with Crippen molar-refractivity contribution in [3.63, 3.8) is 0 Å². The summed E-state index contributed by atoms with van der Waals surface area (Å²) < 4.78 is 0. The van der Waals surface area contributed by atoms with Crippen molar-refractivity contribution in [2.45, 2.75) is 374 Å². The van der Waals surface area contributed by atoms with E-state index < -0.39 is 0 Å². The minimum atomic E-state index is -0.350. The molecule has 0 radical (unpaired) electrons. The lowest BCUT2D eigenvalue weighted by atomic mass is 9.76. The van der Waals surface area contributed by atoms with E-state index in [1.807, 2.05) is 0 Å². The molecule has 0 aromatic carbocycles. The van der Waals surface area contributed by atoms with Crippen LogP contribution in [0.2, 0.25) is 0 Å². The van der Waals surface area contributed by atoms with Crippen molar-refractivity contribution >= 4 is 11.6 Å².